The summed E-state index contributed by atoms with van der Waals surface area (Å²) < 4.78 is 0. The van der Waals surface area contributed by atoms with Crippen LogP contribution in [0.3, 0.4) is 0 Å². The maximum absolute atomic E-state index is 4.10. The second-order valence-electron chi connectivity index (χ2n) is 4.38. The van der Waals surface area contributed by atoms with E-state index in [2.05, 4.69) is 56.5 Å². The summed E-state index contributed by atoms with van der Waals surface area (Å²) in [4.78, 5) is 0. The maximum Gasteiger partial charge on any atom is 0.0957 e. The van der Waals surface area contributed by atoms with E-state index in [-0.39, 0.29) is 6.04 Å². The minimum Gasteiger partial charge on any atom is -0.282 e. The summed E-state index contributed by atoms with van der Waals surface area (Å²) in [5.41, 5.74) is 4.51. The lowest BCUT2D eigenvalue weighted by Gasteiger charge is -2.25. The van der Waals surface area contributed by atoms with Crippen LogP contribution in [-0.2, 0) is 0 Å². The van der Waals surface area contributed by atoms with E-state index in [9.17, 15) is 0 Å². The molecule has 0 saturated carbocycles. The number of nitrogens with zero attached hydrogens (tertiary/aromatic N) is 2. The molecule has 3 atom stereocenters. The van der Waals surface area contributed by atoms with Gasteiger partial charge in [0, 0.05) is 0 Å². The van der Waals surface area contributed by atoms with Crippen LogP contribution in [0.4, 0.5) is 0 Å². The topological polar surface area (TPSA) is 36.8 Å². The zero-order valence-corrected chi connectivity index (χ0v) is 9.78. The van der Waals surface area contributed by atoms with Crippen LogP contribution < -0.4 is 5.43 Å². The minimum atomic E-state index is 0.266. The molecule has 14 heavy (non-hydrogen) atoms. The van der Waals surface area contributed by atoms with E-state index in [1.807, 2.05) is 0 Å². The molecule has 1 aliphatic heterocycles. The minimum absolute atomic E-state index is 0.266. The number of rotatable bonds is 3. The summed E-state index contributed by atoms with van der Waals surface area (Å²) in [6.45, 7) is 11.0. The molecule has 0 fully saturated rings. The maximum atomic E-state index is 4.10. The van der Waals surface area contributed by atoms with Crippen molar-refractivity contribution >= 4 is 0 Å². The second kappa shape index (κ2) is 4.58. The third-order valence-corrected chi connectivity index (χ3v) is 3.14. The van der Waals surface area contributed by atoms with E-state index >= 15 is 0 Å². The predicted molar refractivity (Wildman–Crippen MR) is 59.0 cm³/mol. The van der Waals surface area contributed by atoms with Crippen molar-refractivity contribution in [3.63, 3.8) is 0 Å². The molecule has 1 aliphatic rings. The zero-order chi connectivity index (χ0) is 10.7. The molecule has 0 aliphatic carbocycles. The Bertz CT molecular complexity index is 243. The largest absolute Gasteiger partial charge is 0.282 e. The summed E-state index contributed by atoms with van der Waals surface area (Å²) in [7, 11) is 0. The summed E-state index contributed by atoms with van der Waals surface area (Å²) >= 11 is 0. The molecule has 0 radical (unpaired) electrons. The molecule has 3 nitrogen and oxygen atoms in total. The molecule has 0 aromatic rings. The summed E-state index contributed by atoms with van der Waals surface area (Å²) in [6, 6.07) is 0.569. The van der Waals surface area contributed by atoms with Crippen LogP contribution in [-0.4, -0.2) is 12.1 Å². The highest BCUT2D eigenvalue weighted by molar-refractivity contribution is 5.17. The van der Waals surface area contributed by atoms with Gasteiger partial charge >= 0.3 is 0 Å². The zero-order valence-electron chi connectivity index (χ0n) is 9.78. The number of nitrogens with one attached hydrogen (secondary N) is 1. The molecule has 1 N–H and O–H groups in total. The second-order valence-corrected chi connectivity index (χ2v) is 4.38. The Labute approximate surface area is 86.7 Å². The molecule has 80 valence electrons. The van der Waals surface area contributed by atoms with Gasteiger partial charge in [-0.15, -0.1) is 0 Å². The van der Waals surface area contributed by atoms with Crippen LogP contribution in [0.5, 0.6) is 0 Å². The van der Waals surface area contributed by atoms with Gasteiger partial charge in [0.05, 0.1) is 12.1 Å². The van der Waals surface area contributed by atoms with Crippen molar-refractivity contribution in [2.24, 2.45) is 22.2 Å². The Morgan fingerprint density at radius 1 is 1.36 bits per heavy atom. The lowest BCUT2D eigenvalue weighted by Crippen LogP contribution is -2.34. The van der Waals surface area contributed by atoms with Gasteiger partial charge in [0.2, 0.25) is 0 Å². The first-order valence-electron chi connectivity index (χ1n) is 5.39. The van der Waals surface area contributed by atoms with Gasteiger partial charge in [-0.1, -0.05) is 32.1 Å². The smallest absolute Gasteiger partial charge is 0.0957 e. The van der Waals surface area contributed by atoms with Crippen molar-refractivity contribution in [3.05, 3.63) is 11.6 Å². The Balaban J connectivity index is 2.73. The Hall–Kier alpha value is -0.860. The van der Waals surface area contributed by atoms with Crippen LogP contribution >= 0.6 is 0 Å². The highest BCUT2D eigenvalue weighted by atomic mass is 15.5. The van der Waals surface area contributed by atoms with Crippen molar-refractivity contribution < 1.29 is 0 Å². The molecule has 0 spiro atoms. The molecule has 3 heteroatoms. The van der Waals surface area contributed by atoms with Crippen molar-refractivity contribution in [1.82, 2.24) is 5.43 Å². The normalized spacial score (nSPS) is 29.4. The Morgan fingerprint density at radius 3 is 2.36 bits per heavy atom. The molecule has 0 amide bonds. The van der Waals surface area contributed by atoms with Gasteiger partial charge in [0.15, 0.2) is 0 Å². The predicted octanol–water partition coefficient (Wildman–Crippen LogP) is 2.95. The molecule has 0 aromatic carbocycles. The van der Waals surface area contributed by atoms with Crippen molar-refractivity contribution in [2.75, 3.05) is 0 Å². The van der Waals surface area contributed by atoms with Crippen molar-refractivity contribution in [3.8, 4) is 0 Å². The summed E-state index contributed by atoms with van der Waals surface area (Å²) in [6.07, 6.45) is 2.20. The fourth-order valence-electron chi connectivity index (χ4n) is 1.82. The van der Waals surface area contributed by atoms with Gasteiger partial charge in [-0.25, -0.2) is 0 Å². The van der Waals surface area contributed by atoms with Crippen molar-refractivity contribution in [1.29, 1.82) is 0 Å². The van der Waals surface area contributed by atoms with E-state index < -0.39 is 0 Å². The summed E-state index contributed by atoms with van der Waals surface area (Å²) in [5.74, 6) is 1.25. The first-order valence-corrected chi connectivity index (χ1v) is 5.39. The third-order valence-electron chi connectivity index (χ3n) is 3.14. The summed E-state index contributed by atoms with van der Waals surface area (Å²) in [5, 5.41) is 7.99. The molecular formula is C11H21N3. The molecule has 1 heterocycles. The Morgan fingerprint density at radius 2 is 2.00 bits per heavy atom. The van der Waals surface area contributed by atoms with E-state index in [4.69, 9.17) is 0 Å². The highest BCUT2D eigenvalue weighted by Gasteiger charge is 2.28. The molecule has 0 bridgehead atoms. The van der Waals surface area contributed by atoms with Gasteiger partial charge in [0.1, 0.15) is 0 Å². The van der Waals surface area contributed by atoms with E-state index in [0.29, 0.717) is 17.9 Å². The van der Waals surface area contributed by atoms with Gasteiger partial charge in [-0.2, -0.15) is 5.11 Å². The van der Waals surface area contributed by atoms with E-state index in [1.165, 1.54) is 5.57 Å². The van der Waals surface area contributed by atoms with E-state index in [1.54, 1.807) is 0 Å². The number of hydrogen-bond acceptors (Lipinski definition) is 3. The van der Waals surface area contributed by atoms with Gasteiger partial charge in [-0.05, 0) is 31.3 Å². The number of allylic oxidation sites excluding steroid dienone is 1. The molecular weight excluding hydrogens is 174 g/mol. The third kappa shape index (κ3) is 2.14. The SMILES string of the molecule is C/C=C(\C(C)C(C)C)C1NN=NC1C. The lowest BCUT2D eigenvalue weighted by atomic mass is 9.84. The van der Waals surface area contributed by atoms with Crippen LogP contribution in [0.1, 0.15) is 34.6 Å². The quantitative estimate of drug-likeness (QED) is 0.691. The first kappa shape index (κ1) is 11.2. The highest BCUT2D eigenvalue weighted by Crippen LogP contribution is 2.26. The molecule has 0 saturated heterocycles. The van der Waals surface area contributed by atoms with Gasteiger partial charge < -0.3 is 0 Å². The standard InChI is InChI=1S/C11H21N3/c1-6-10(8(4)7(2)3)11-9(5)12-14-13-11/h6-9,11H,1-5H3,(H,12,13)/b10-6+. The average Bonchev–Trinajstić information content (AvgIpc) is 2.53. The van der Waals surface area contributed by atoms with E-state index in [0.717, 1.165) is 0 Å². The van der Waals surface area contributed by atoms with Crippen LogP contribution in [0.2, 0.25) is 0 Å². The molecule has 3 unspecified atom stereocenters. The van der Waals surface area contributed by atoms with Crippen LogP contribution in [0, 0.1) is 11.8 Å². The van der Waals surface area contributed by atoms with Crippen LogP contribution in [0.15, 0.2) is 22.0 Å². The fraction of sp³-hybridized carbons (Fsp3) is 0.818. The first-order chi connectivity index (χ1) is 6.57. The van der Waals surface area contributed by atoms with Gasteiger partial charge in [-0.3, -0.25) is 5.43 Å². The molecule has 1 rings (SSSR count). The molecule has 0 aromatic heterocycles. The van der Waals surface area contributed by atoms with Crippen molar-refractivity contribution in [2.45, 2.75) is 46.7 Å². The Kier molecular flexibility index (Phi) is 3.67. The fourth-order valence-corrected chi connectivity index (χ4v) is 1.82. The lowest BCUT2D eigenvalue weighted by molar-refractivity contribution is 0.428. The van der Waals surface area contributed by atoms with Crippen LogP contribution in [0.25, 0.3) is 0 Å². The number of hydrogen-bond donors (Lipinski definition) is 1. The average molecular weight is 195 g/mol. The van der Waals surface area contributed by atoms with Gasteiger partial charge in [0.25, 0.3) is 0 Å². The monoisotopic (exact) mass is 195 g/mol.